The minimum atomic E-state index is -0.351. The SMILES string of the molecule is Cn1ncnc1NC(=O)NCC1(C)CCCCC1O. The van der Waals surface area contributed by atoms with Crippen LogP contribution in [-0.2, 0) is 7.05 Å². The number of carbonyl (C=O) groups is 1. The van der Waals surface area contributed by atoms with Gasteiger partial charge in [0.05, 0.1) is 6.10 Å². The number of hydrogen-bond acceptors (Lipinski definition) is 4. The molecule has 0 aromatic carbocycles. The zero-order valence-electron chi connectivity index (χ0n) is 11.4. The van der Waals surface area contributed by atoms with Crippen LogP contribution in [0.5, 0.6) is 0 Å². The number of carbonyl (C=O) groups excluding carboxylic acids is 1. The Morgan fingerprint density at radius 1 is 1.63 bits per heavy atom. The quantitative estimate of drug-likeness (QED) is 0.758. The van der Waals surface area contributed by atoms with Crippen LogP contribution in [0.15, 0.2) is 6.33 Å². The molecular formula is C12H21N5O2. The maximum Gasteiger partial charge on any atom is 0.321 e. The van der Waals surface area contributed by atoms with E-state index in [4.69, 9.17) is 0 Å². The fourth-order valence-electron chi connectivity index (χ4n) is 2.43. The molecule has 3 N–H and O–H groups in total. The number of aliphatic hydroxyl groups is 1. The predicted molar refractivity (Wildman–Crippen MR) is 70.6 cm³/mol. The van der Waals surface area contributed by atoms with E-state index in [9.17, 15) is 9.90 Å². The van der Waals surface area contributed by atoms with Gasteiger partial charge in [0.15, 0.2) is 0 Å². The Morgan fingerprint density at radius 3 is 3.05 bits per heavy atom. The van der Waals surface area contributed by atoms with Crippen molar-refractivity contribution in [3.05, 3.63) is 6.33 Å². The van der Waals surface area contributed by atoms with Gasteiger partial charge < -0.3 is 10.4 Å². The van der Waals surface area contributed by atoms with Crippen LogP contribution in [0.3, 0.4) is 0 Å². The molecule has 2 rings (SSSR count). The zero-order chi connectivity index (χ0) is 13.9. The summed E-state index contributed by atoms with van der Waals surface area (Å²) >= 11 is 0. The standard InChI is InChI=1S/C12H21N5O2/c1-12(6-4-3-5-9(12)18)7-13-11(19)16-10-14-8-15-17(10)2/h8-9,18H,3-7H2,1-2H3,(H2,13,14,15,16,19). The lowest BCUT2D eigenvalue weighted by molar-refractivity contribution is 0.00332. The third-order valence-electron chi connectivity index (χ3n) is 3.87. The highest BCUT2D eigenvalue weighted by Crippen LogP contribution is 2.35. The molecule has 1 aliphatic carbocycles. The van der Waals surface area contributed by atoms with Gasteiger partial charge in [-0.15, -0.1) is 0 Å². The molecule has 7 nitrogen and oxygen atoms in total. The number of hydrogen-bond donors (Lipinski definition) is 3. The van der Waals surface area contributed by atoms with E-state index in [1.54, 1.807) is 7.05 Å². The normalized spacial score (nSPS) is 27.0. The number of amides is 2. The highest BCUT2D eigenvalue weighted by Gasteiger charge is 2.35. The van der Waals surface area contributed by atoms with Crippen LogP contribution in [0.4, 0.5) is 10.7 Å². The van der Waals surface area contributed by atoms with Crippen LogP contribution in [-0.4, -0.2) is 38.6 Å². The topological polar surface area (TPSA) is 92.1 Å². The molecule has 19 heavy (non-hydrogen) atoms. The third kappa shape index (κ3) is 3.23. The molecular weight excluding hydrogens is 246 g/mol. The molecule has 1 fully saturated rings. The predicted octanol–water partition coefficient (Wildman–Crippen LogP) is 0.878. The molecule has 0 radical (unpaired) electrons. The summed E-state index contributed by atoms with van der Waals surface area (Å²) in [4.78, 5) is 15.7. The second-order valence-corrected chi connectivity index (χ2v) is 5.43. The van der Waals surface area contributed by atoms with Crippen molar-refractivity contribution >= 4 is 12.0 Å². The van der Waals surface area contributed by atoms with E-state index in [0.717, 1.165) is 25.7 Å². The summed E-state index contributed by atoms with van der Waals surface area (Å²) in [5.41, 5.74) is -0.241. The van der Waals surface area contributed by atoms with Crippen molar-refractivity contribution in [2.75, 3.05) is 11.9 Å². The Kier molecular flexibility index (Phi) is 4.04. The van der Waals surface area contributed by atoms with Crippen molar-refractivity contribution in [1.82, 2.24) is 20.1 Å². The average molecular weight is 267 g/mol. The van der Waals surface area contributed by atoms with Crippen LogP contribution >= 0.6 is 0 Å². The van der Waals surface area contributed by atoms with Crippen molar-refractivity contribution in [2.45, 2.75) is 38.7 Å². The van der Waals surface area contributed by atoms with Gasteiger partial charge in [-0.25, -0.2) is 9.48 Å². The Hall–Kier alpha value is -1.63. The van der Waals surface area contributed by atoms with E-state index < -0.39 is 0 Å². The largest absolute Gasteiger partial charge is 0.392 e. The van der Waals surface area contributed by atoms with Gasteiger partial charge in [-0.3, -0.25) is 5.32 Å². The van der Waals surface area contributed by atoms with Crippen LogP contribution in [0.1, 0.15) is 32.6 Å². The van der Waals surface area contributed by atoms with Crippen molar-refractivity contribution in [1.29, 1.82) is 0 Å². The Bertz CT molecular complexity index is 447. The summed E-state index contributed by atoms with van der Waals surface area (Å²) in [7, 11) is 1.70. The fraction of sp³-hybridized carbons (Fsp3) is 0.750. The van der Waals surface area contributed by atoms with Gasteiger partial charge in [-0.2, -0.15) is 10.1 Å². The summed E-state index contributed by atoms with van der Waals surface area (Å²) < 4.78 is 1.48. The number of aliphatic hydroxyl groups excluding tert-OH is 1. The van der Waals surface area contributed by atoms with Gasteiger partial charge in [0, 0.05) is 19.0 Å². The number of urea groups is 1. The lowest BCUT2D eigenvalue weighted by Gasteiger charge is -2.38. The van der Waals surface area contributed by atoms with Crippen molar-refractivity contribution in [3.8, 4) is 0 Å². The highest BCUT2D eigenvalue weighted by molar-refractivity contribution is 5.87. The number of aryl methyl sites for hydroxylation is 1. The molecule has 0 spiro atoms. The van der Waals surface area contributed by atoms with Crippen molar-refractivity contribution in [2.24, 2.45) is 12.5 Å². The third-order valence-corrected chi connectivity index (χ3v) is 3.87. The molecule has 1 heterocycles. The van der Waals surface area contributed by atoms with Crippen LogP contribution in [0.25, 0.3) is 0 Å². The Morgan fingerprint density at radius 2 is 2.42 bits per heavy atom. The van der Waals surface area contributed by atoms with Gasteiger partial charge in [0.2, 0.25) is 5.95 Å². The van der Waals surface area contributed by atoms with E-state index in [0.29, 0.717) is 12.5 Å². The average Bonchev–Trinajstić information content (AvgIpc) is 2.77. The number of anilines is 1. The van der Waals surface area contributed by atoms with E-state index in [1.165, 1.54) is 11.0 Å². The highest BCUT2D eigenvalue weighted by atomic mass is 16.3. The molecule has 0 aliphatic heterocycles. The fourth-order valence-corrected chi connectivity index (χ4v) is 2.43. The van der Waals surface area contributed by atoms with Crippen LogP contribution in [0.2, 0.25) is 0 Å². The molecule has 0 bridgehead atoms. The molecule has 0 saturated heterocycles. The molecule has 1 saturated carbocycles. The lowest BCUT2D eigenvalue weighted by atomic mass is 9.73. The van der Waals surface area contributed by atoms with Gasteiger partial charge in [0.25, 0.3) is 0 Å². The molecule has 1 aromatic heterocycles. The van der Waals surface area contributed by atoms with Crippen LogP contribution in [0, 0.1) is 5.41 Å². The molecule has 2 amide bonds. The van der Waals surface area contributed by atoms with E-state index in [2.05, 4.69) is 20.7 Å². The first kappa shape index (κ1) is 13.8. The van der Waals surface area contributed by atoms with Crippen molar-refractivity contribution in [3.63, 3.8) is 0 Å². The summed E-state index contributed by atoms with van der Waals surface area (Å²) in [5, 5.41) is 19.3. The molecule has 1 aromatic rings. The van der Waals surface area contributed by atoms with E-state index in [1.807, 2.05) is 6.92 Å². The second kappa shape index (κ2) is 5.56. The summed E-state index contributed by atoms with van der Waals surface area (Å²) in [5.74, 6) is 0.395. The summed E-state index contributed by atoms with van der Waals surface area (Å²) in [6.45, 7) is 2.47. The zero-order valence-corrected chi connectivity index (χ0v) is 11.4. The van der Waals surface area contributed by atoms with E-state index in [-0.39, 0.29) is 17.6 Å². The van der Waals surface area contributed by atoms with Crippen molar-refractivity contribution < 1.29 is 9.90 Å². The molecule has 2 atom stereocenters. The number of aromatic nitrogens is 3. The maximum atomic E-state index is 11.8. The van der Waals surface area contributed by atoms with Gasteiger partial charge in [-0.05, 0) is 12.8 Å². The smallest absolute Gasteiger partial charge is 0.321 e. The number of rotatable bonds is 3. The summed E-state index contributed by atoms with van der Waals surface area (Å²) in [6, 6.07) is -0.324. The minimum absolute atomic E-state index is 0.241. The monoisotopic (exact) mass is 267 g/mol. The molecule has 2 unspecified atom stereocenters. The summed E-state index contributed by atoms with van der Waals surface area (Å²) in [6.07, 6.45) is 4.92. The first-order valence-electron chi connectivity index (χ1n) is 6.58. The molecule has 106 valence electrons. The first-order valence-corrected chi connectivity index (χ1v) is 6.58. The molecule has 1 aliphatic rings. The first-order chi connectivity index (χ1) is 9.01. The Balaban J connectivity index is 1.84. The molecule has 7 heteroatoms. The number of nitrogens with zero attached hydrogens (tertiary/aromatic N) is 3. The minimum Gasteiger partial charge on any atom is -0.392 e. The maximum absolute atomic E-state index is 11.8. The van der Waals surface area contributed by atoms with Gasteiger partial charge in [0.1, 0.15) is 6.33 Å². The second-order valence-electron chi connectivity index (χ2n) is 5.43. The Labute approximate surface area is 112 Å². The number of nitrogens with one attached hydrogen (secondary N) is 2. The lowest BCUT2D eigenvalue weighted by Crippen LogP contribution is -2.46. The van der Waals surface area contributed by atoms with Gasteiger partial charge in [-0.1, -0.05) is 19.8 Å². The van der Waals surface area contributed by atoms with Crippen LogP contribution < -0.4 is 10.6 Å². The van der Waals surface area contributed by atoms with E-state index >= 15 is 0 Å². The van der Waals surface area contributed by atoms with Gasteiger partial charge >= 0.3 is 6.03 Å².